The Labute approximate surface area is 110 Å². The second-order valence-corrected chi connectivity index (χ2v) is 3.98. The first kappa shape index (κ1) is 14.6. The molecule has 1 heterocycles. The first-order valence-electron chi connectivity index (χ1n) is 5.47. The van der Waals surface area contributed by atoms with Crippen molar-refractivity contribution in [2.75, 3.05) is 0 Å². The van der Waals surface area contributed by atoms with Crippen molar-refractivity contribution in [3.63, 3.8) is 0 Å². The molecular weight excluding hydrogens is 259 g/mol. The summed E-state index contributed by atoms with van der Waals surface area (Å²) in [6.45, 7) is 0.277. The number of nitrogens with one attached hydrogen (secondary N) is 2. The molecule has 0 aromatic heterocycles. The molecule has 1 atom stereocenters. The fourth-order valence-corrected chi connectivity index (χ4v) is 1.76. The van der Waals surface area contributed by atoms with Gasteiger partial charge in [0.05, 0.1) is 6.04 Å². The van der Waals surface area contributed by atoms with Crippen LogP contribution in [0.15, 0.2) is 24.3 Å². The summed E-state index contributed by atoms with van der Waals surface area (Å²) in [5.41, 5.74) is 0.511. The lowest BCUT2D eigenvalue weighted by Gasteiger charge is -2.21. The highest BCUT2D eigenvalue weighted by Gasteiger charge is 2.25. The number of benzene rings is 1. The highest BCUT2D eigenvalue weighted by Crippen LogP contribution is 2.09. The fourth-order valence-electron chi connectivity index (χ4n) is 1.76. The smallest absolute Gasteiger partial charge is 0.243 e. The molecule has 0 aliphatic carbocycles. The number of hydrogen-bond acceptors (Lipinski definition) is 3. The van der Waals surface area contributed by atoms with Crippen molar-refractivity contribution in [2.24, 2.45) is 0 Å². The quantitative estimate of drug-likeness (QED) is 0.812. The van der Waals surface area contributed by atoms with Crippen molar-refractivity contribution in [3.05, 3.63) is 35.6 Å². The van der Waals surface area contributed by atoms with Crippen LogP contribution in [0, 0.1) is 5.82 Å². The zero-order valence-electron chi connectivity index (χ0n) is 9.61. The molecule has 1 aliphatic rings. The lowest BCUT2D eigenvalue weighted by Crippen LogP contribution is -2.50. The molecule has 1 aliphatic heterocycles. The van der Waals surface area contributed by atoms with E-state index < -0.39 is 6.04 Å². The van der Waals surface area contributed by atoms with Gasteiger partial charge >= 0.3 is 0 Å². The molecule has 4 nitrogen and oxygen atoms in total. The third-order valence-corrected chi connectivity index (χ3v) is 2.74. The maximum Gasteiger partial charge on any atom is 0.243 e. The zero-order valence-corrected chi connectivity index (χ0v) is 10.4. The van der Waals surface area contributed by atoms with Gasteiger partial charge in [0.15, 0.2) is 0 Å². The Hall–Kier alpha value is -1.46. The number of carbonyl (C=O) groups excluding carboxylic acids is 2. The van der Waals surface area contributed by atoms with Crippen LogP contribution in [0.25, 0.3) is 0 Å². The van der Waals surface area contributed by atoms with E-state index in [1.54, 1.807) is 18.2 Å². The van der Waals surface area contributed by atoms with Gasteiger partial charge in [0.25, 0.3) is 0 Å². The van der Waals surface area contributed by atoms with Crippen molar-refractivity contribution in [1.29, 1.82) is 0 Å². The van der Waals surface area contributed by atoms with Gasteiger partial charge in [-0.15, -0.1) is 12.4 Å². The number of imide groups is 1. The lowest BCUT2D eigenvalue weighted by atomic mass is 10.1. The van der Waals surface area contributed by atoms with E-state index in [1.807, 2.05) is 0 Å². The molecule has 18 heavy (non-hydrogen) atoms. The molecule has 1 fully saturated rings. The number of carbonyl (C=O) groups is 2. The van der Waals surface area contributed by atoms with E-state index >= 15 is 0 Å². The number of rotatable bonds is 3. The highest BCUT2D eigenvalue weighted by molar-refractivity contribution is 6.00. The topological polar surface area (TPSA) is 58.2 Å². The molecule has 98 valence electrons. The van der Waals surface area contributed by atoms with Gasteiger partial charge in [-0.2, -0.15) is 0 Å². The van der Waals surface area contributed by atoms with Crippen molar-refractivity contribution in [1.82, 2.24) is 10.6 Å². The Morgan fingerprint density at radius 1 is 1.33 bits per heavy atom. The zero-order chi connectivity index (χ0) is 12.3. The van der Waals surface area contributed by atoms with Crippen LogP contribution in [0.3, 0.4) is 0 Å². The molecule has 6 heteroatoms. The van der Waals surface area contributed by atoms with E-state index in [1.165, 1.54) is 6.07 Å². The Morgan fingerprint density at radius 2 is 2.06 bits per heavy atom. The van der Waals surface area contributed by atoms with Gasteiger partial charge in [0.2, 0.25) is 11.8 Å². The summed E-state index contributed by atoms with van der Waals surface area (Å²) in [5.74, 6) is -0.885. The minimum absolute atomic E-state index is 0. The molecule has 2 amide bonds. The van der Waals surface area contributed by atoms with Gasteiger partial charge in [-0.1, -0.05) is 18.2 Å². The Kier molecular flexibility index (Phi) is 5.25. The summed E-state index contributed by atoms with van der Waals surface area (Å²) in [6.07, 6.45) is 0.778. The number of halogens is 2. The third kappa shape index (κ3) is 3.51. The minimum atomic E-state index is -0.424. The molecule has 0 bridgehead atoms. The number of hydrogen-bond donors (Lipinski definition) is 2. The Balaban J connectivity index is 0.00000162. The maximum absolute atomic E-state index is 13.3. The summed E-state index contributed by atoms with van der Waals surface area (Å²) in [5, 5.41) is 5.19. The molecule has 0 saturated carbocycles. The van der Waals surface area contributed by atoms with Gasteiger partial charge in [0, 0.05) is 18.5 Å². The van der Waals surface area contributed by atoms with Crippen LogP contribution in [0.4, 0.5) is 4.39 Å². The summed E-state index contributed by atoms with van der Waals surface area (Å²) < 4.78 is 13.3. The molecule has 0 radical (unpaired) electrons. The average molecular weight is 273 g/mol. The number of amides is 2. The Morgan fingerprint density at radius 3 is 2.72 bits per heavy atom. The summed E-state index contributed by atoms with van der Waals surface area (Å²) in [7, 11) is 0. The normalized spacial score (nSPS) is 19.1. The van der Waals surface area contributed by atoms with Crippen LogP contribution in [-0.2, 0) is 16.1 Å². The Bertz CT molecular complexity index is 453. The van der Waals surface area contributed by atoms with Gasteiger partial charge in [-0.25, -0.2) is 4.39 Å². The predicted octanol–water partition coefficient (Wildman–Crippen LogP) is 1.14. The van der Waals surface area contributed by atoms with Crippen molar-refractivity contribution in [2.45, 2.75) is 25.4 Å². The van der Waals surface area contributed by atoms with Gasteiger partial charge in [-0.3, -0.25) is 14.9 Å². The van der Waals surface area contributed by atoms with Crippen molar-refractivity contribution in [3.8, 4) is 0 Å². The van der Waals surface area contributed by atoms with E-state index in [9.17, 15) is 14.0 Å². The first-order valence-corrected chi connectivity index (χ1v) is 5.47. The van der Waals surface area contributed by atoms with Crippen LogP contribution in [0.2, 0.25) is 0 Å². The second-order valence-electron chi connectivity index (χ2n) is 3.98. The fraction of sp³-hybridized carbons (Fsp3) is 0.333. The second kappa shape index (κ2) is 6.47. The van der Waals surface area contributed by atoms with Crippen LogP contribution >= 0.6 is 12.4 Å². The van der Waals surface area contributed by atoms with Gasteiger partial charge in [-0.05, 0) is 12.5 Å². The SMILES string of the molecule is Cl.O=C1CCC(NCc2ccccc2F)C(=O)N1. The molecule has 1 aromatic carbocycles. The van der Waals surface area contributed by atoms with E-state index in [0.29, 0.717) is 18.4 Å². The van der Waals surface area contributed by atoms with Gasteiger partial charge in [0.1, 0.15) is 5.82 Å². The van der Waals surface area contributed by atoms with E-state index in [2.05, 4.69) is 10.6 Å². The summed E-state index contributed by atoms with van der Waals surface area (Å²) in [4.78, 5) is 22.4. The number of piperidine rings is 1. The third-order valence-electron chi connectivity index (χ3n) is 2.74. The van der Waals surface area contributed by atoms with Crippen LogP contribution in [0.5, 0.6) is 0 Å². The molecular formula is C12H14ClFN2O2. The highest BCUT2D eigenvalue weighted by atomic mass is 35.5. The van der Waals surface area contributed by atoms with Crippen LogP contribution in [0.1, 0.15) is 18.4 Å². The standard InChI is InChI=1S/C12H13FN2O2.ClH/c13-9-4-2-1-3-8(9)7-14-10-5-6-11(16)15-12(10)17;/h1-4,10,14H,5-7H2,(H,15,16,17);1H. The van der Waals surface area contributed by atoms with E-state index in [4.69, 9.17) is 0 Å². The summed E-state index contributed by atoms with van der Waals surface area (Å²) >= 11 is 0. The first-order chi connectivity index (χ1) is 8.16. The average Bonchev–Trinajstić information content (AvgIpc) is 2.30. The molecule has 1 aromatic rings. The monoisotopic (exact) mass is 272 g/mol. The van der Waals surface area contributed by atoms with Gasteiger partial charge < -0.3 is 5.32 Å². The molecule has 1 unspecified atom stereocenters. The molecule has 2 rings (SSSR count). The van der Waals surface area contributed by atoms with Crippen molar-refractivity contribution < 1.29 is 14.0 Å². The molecule has 0 spiro atoms. The maximum atomic E-state index is 13.3. The molecule has 1 saturated heterocycles. The van der Waals surface area contributed by atoms with Crippen LogP contribution < -0.4 is 10.6 Å². The molecule has 2 N–H and O–H groups in total. The lowest BCUT2D eigenvalue weighted by molar-refractivity contribution is -0.134. The summed E-state index contributed by atoms with van der Waals surface area (Å²) in [6, 6.07) is 5.97. The predicted molar refractivity (Wildman–Crippen MR) is 66.7 cm³/mol. The largest absolute Gasteiger partial charge is 0.302 e. The van der Waals surface area contributed by atoms with E-state index in [0.717, 1.165) is 0 Å². The minimum Gasteiger partial charge on any atom is -0.302 e. The van der Waals surface area contributed by atoms with Crippen LogP contribution in [-0.4, -0.2) is 17.9 Å². The van der Waals surface area contributed by atoms with E-state index in [-0.39, 0.29) is 36.6 Å². The van der Waals surface area contributed by atoms with Crippen molar-refractivity contribution >= 4 is 24.2 Å².